The van der Waals surface area contributed by atoms with Crippen LogP contribution in [0.5, 0.6) is 0 Å². The van der Waals surface area contributed by atoms with Gasteiger partial charge in [-0.3, -0.25) is 14.9 Å². The SMILES string of the molecule is COC(=O)N/N=C(\c1nc2ccc([N+](=O)[O-])cc2[nH]c1=O)C(O)c1ccc(Cl)cc1. The van der Waals surface area contributed by atoms with Crippen molar-refractivity contribution in [2.75, 3.05) is 7.11 Å². The van der Waals surface area contributed by atoms with Crippen molar-refractivity contribution in [1.82, 2.24) is 15.4 Å². The number of aromatic amines is 1. The quantitative estimate of drug-likeness (QED) is 0.317. The molecule has 0 bridgehead atoms. The topological polar surface area (TPSA) is 160 Å². The third kappa shape index (κ3) is 4.42. The van der Waals surface area contributed by atoms with Crippen LogP contribution in [-0.4, -0.2) is 38.9 Å². The Bertz CT molecular complexity index is 1210. The lowest BCUT2D eigenvalue weighted by Gasteiger charge is -2.14. The van der Waals surface area contributed by atoms with Crippen LogP contribution in [-0.2, 0) is 4.74 Å². The Morgan fingerprint density at radius 1 is 1.33 bits per heavy atom. The van der Waals surface area contributed by atoms with E-state index >= 15 is 0 Å². The maximum atomic E-state index is 12.6. The van der Waals surface area contributed by atoms with Gasteiger partial charge in [-0.1, -0.05) is 23.7 Å². The van der Waals surface area contributed by atoms with Gasteiger partial charge >= 0.3 is 6.09 Å². The van der Waals surface area contributed by atoms with Crippen LogP contribution in [0.4, 0.5) is 10.5 Å². The molecule has 3 aromatic rings. The average molecular weight is 432 g/mol. The first kappa shape index (κ1) is 20.9. The fourth-order valence-corrected chi connectivity index (χ4v) is 2.69. The number of hydrogen-bond acceptors (Lipinski definition) is 8. The van der Waals surface area contributed by atoms with E-state index in [1.807, 2.05) is 0 Å². The van der Waals surface area contributed by atoms with E-state index in [1.165, 1.54) is 36.4 Å². The highest BCUT2D eigenvalue weighted by molar-refractivity contribution is 6.30. The summed E-state index contributed by atoms with van der Waals surface area (Å²) in [5.74, 6) is 0. The summed E-state index contributed by atoms with van der Waals surface area (Å²) in [6.07, 6.45) is -2.38. The van der Waals surface area contributed by atoms with Crippen molar-refractivity contribution in [3.05, 3.63) is 79.2 Å². The lowest BCUT2D eigenvalue weighted by Crippen LogP contribution is -2.29. The molecule has 3 N–H and O–H groups in total. The van der Waals surface area contributed by atoms with Crippen LogP contribution in [0, 0.1) is 10.1 Å². The van der Waals surface area contributed by atoms with E-state index in [0.717, 1.165) is 13.2 Å². The maximum absolute atomic E-state index is 12.6. The summed E-state index contributed by atoms with van der Waals surface area (Å²) in [7, 11) is 1.12. The van der Waals surface area contributed by atoms with E-state index in [-0.39, 0.29) is 28.1 Å². The number of carbonyl (C=O) groups excluding carboxylic acids is 1. The molecule has 0 aliphatic rings. The van der Waals surface area contributed by atoms with Gasteiger partial charge in [-0.05, 0) is 23.8 Å². The number of aliphatic hydroxyl groups is 1. The molecule has 0 saturated heterocycles. The minimum atomic E-state index is -1.46. The Balaban J connectivity index is 2.13. The van der Waals surface area contributed by atoms with Crippen molar-refractivity contribution in [3.63, 3.8) is 0 Å². The summed E-state index contributed by atoms with van der Waals surface area (Å²) in [6.45, 7) is 0. The van der Waals surface area contributed by atoms with Crippen LogP contribution in [0.15, 0.2) is 52.4 Å². The molecule has 0 aliphatic heterocycles. The Morgan fingerprint density at radius 3 is 2.67 bits per heavy atom. The second-order valence-corrected chi connectivity index (χ2v) is 6.36. The third-order valence-corrected chi connectivity index (χ3v) is 4.28. The smallest absolute Gasteiger partial charge is 0.427 e. The van der Waals surface area contributed by atoms with E-state index in [1.54, 1.807) is 0 Å². The van der Waals surface area contributed by atoms with E-state index in [9.17, 15) is 24.8 Å². The van der Waals surface area contributed by atoms with Gasteiger partial charge in [0, 0.05) is 17.2 Å². The van der Waals surface area contributed by atoms with Gasteiger partial charge in [-0.15, -0.1) is 0 Å². The first-order valence-corrected chi connectivity index (χ1v) is 8.72. The van der Waals surface area contributed by atoms with Crippen LogP contribution in [0.2, 0.25) is 5.02 Å². The molecule has 1 atom stereocenters. The molecule has 0 spiro atoms. The number of benzene rings is 2. The number of nitro benzene ring substituents is 1. The number of non-ortho nitro benzene ring substituents is 1. The summed E-state index contributed by atoms with van der Waals surface area (Å²) in [6, 6.07) is 9.81. The number of rotatable bonds is 5. The molecule has 1 amide bonds. The predicted molar refractivity (Wildman–Crippen MR) is 108 cm³/mol. The Hall–Kier alpha value is -3.83. The van der Waals surface area contributed by atoms with Crippen LogP contribution >= 0.6 is 11.6 Å². The number of halogens is 1. The van der Waals surface area contributed by atoms with Gasteiger partial charge in [0.2, 0.25) is 0 Å². The molecule has 1 unspecified atom stereocenters. The van der Waals surface area contributed by atoms with Crippen LogP contribution in [0.3, 0.4) is 0 Å². The van der Waals surface area contributed by atoms with Crippen molar-refractivity contribution in [3.8, 4) is 0 Å². The van der Waals surface area contributed by atoms with E-state index in [2.05, 4.69) is 25.2 Å². The van der Waals surface area contributed by atoms with Crippen LogP contribution < -0.4 is 11.0 Å². The number of ether oxygens (including phenoxy) is 1. The zero-order chi connectivity index (χ0) is 21.8. The standard InChI is InChI=1S/C18H14ClN5O6/c1-30-18(27)23-22-14(16(25)9-2-4-10(19)5-3-9)15-17(26)21-13-8-11(24(28)29)6-7-12(13)20-15/h2-8,16,25H,1H3,(H,21,26)(H,23,27)/b22-14+. The highest BCUT2D eigenvalue weighted by Crippen LogP contribution is 2.21. The van der Waals surface area contributed by atoms with Crippen LogP contribution in [0.1, 0.15) is 17.4 Å². The Kier molecular flexibility index (Phi) is 6.04. The van der Waals surface area contributed by atoms with E-state index < -0.39 is 22.7 Å². The number of nitro groups is 1. The highest BCUT2D eigenvalue weighted by atomic mass is 35.5. The van der Waals surface area contributed by atoms with Crippen molar-refractivity contribution in [2.24, 2.45) is 5.10 Å². The molecule has 0 radical (unpaired) electrons. The number of nitrogens with one attached hydrogen (secondary N) is 2. The second-order valence-electron chi connectivity index (χ2n) is 5.93. The molecule has 11 nitrogen and oxygen atoms in total. The minimum Gasteiger partial charge on any atom is -0.452 e. The number of aromatic nitrogens is 2. The number of fused-ring (bicyclic) bond motifs is 1. The van der Waals surface area contributed by atoms with Gasteiger partial charge in [0.1, 0.15) is 11.8 Å². The lowest BCUT2D eigenvalue weighted by molar-refractivity contribution is -0.384. The molecule has 12 heteroatoms. The molecule has 0 aliphatic carbocycles. The number of methoxy groups -OCH3 is 1. The summed E-state index contributed by atoms with van der Waals surface area (Å²) in [5, 5.41) is 25.9. The monoisotopic (exact) mass is 431 g/mol. The van der Waals surface area contributed by atoms with Crippen molar-refractivity contribution >= 4 is 40.1 Å². The Morgan fingerprint density at radius 2 is 2.03 bits per heavy atom. The van der Waals surface area contributed by atoms with Crippen molar-refractivity contribution in [2.45, 2.75) is 6.10 Å². The molecule has 1 aromatic heterocycles. The van der Waals surface area contributed by atoms with Crippen molar-refractivity contribution < 1.29 is 19.6 Å². The largest absolute Gasteiger partial charge is 0.452 e. The summed E-state index contributed by atoms with van der Waals surface area (Å²) in [4.78, 5) is 41.0. The number of H-pyrrole nitrogens is 1. The molecular weight excluding hydrogens is 418 g/mol. The van der Waals surface area contributed by atoms with Gasteiger partial charge < -0.3 is 14.8 Å². The first-order chi connectivity index (χ1) is 14.3. The zero-order valence-corrected chi connectivity index (χ0v) is 16.1. The molecule has 3 rings (SSSR count). The van der Waals surface area contributed by atoms with Crippen molar-refractivity contribution in [1.29, 1.82) is 0 Å². The number of nitrogens with zero attached hydrogens (tertiary/aromatic N) is 3. The molecule has 30 heavy (non-hydrogen) atoms. The van der Waals surface area contributed by atoms with Gasteiger partial charge in [-0.2, -0.15) is 5.10 Å². The Labute approximate surface area is 173 Å². The molecular formula is C18H14ClN5O6. The number of hydrogen-bond donors (Lipinski definition) is 3. The fourth-order valence-electron chi connectivity index (χ4n) is 2.56. The van der Waals surface area contributed by atoms with E-state index in [0.29, 0.717) is 10.6 Å². The van der Waals surface area contributed by atoms with E-state index in [4.69, 9.17) is 11.6 Å². The molecule has 1 heterocycles. The highest BCUT2D eigenvalue weighted by Gasteiger charge is 2.23. The fraction of sp³-hybridized carbons (Fsp3) is 0.111. The number of hydrazone groups is 1. The van der Waals surface area contributed by atoms with Gasteiger partial charge in [0.05, 0.1) is 23.1 Å². The number of carbonyl (C=O) groups is 1. The van der Waals surface area contributed by atoms with Crippen LogP contribution in [0.25, 0.3) is 11.0 Å². The predicted octanol–water partition coefficient (Wildman–Crippen LogP) is 2.28. The normalized spacial score (nSPS) is 12.4. The minimum absolute atomic E-state index is 0.124. The summed E-state index contributed by atoms with van der Waals surface area (Å²) in [5.41, 5.74) is 1.14. The van der Waals surface area contributed by atoms with Gasteiger partial charge in [0.25, 0.3) is 11.2 Å². The number of aliphatic hydroxyl groups excluding tert-OH is 1. The van der Waals surface area contributed by atoms with Gasteiger partial charge in [-0.25, -0.2) is 15.2 Å². The summed E-state index contributed by atoms with van der Waals surface area (Å²) < 4.78 is 4.45. The molecule has 0 fully saturated rings. The lowest BCUT2D eigenvalue weighted by atomic mass is 10.0. The average Bonchev–Trinajstić information content (AvgIpc) is 2.73. The molecule has 154 valence electrons. The first-order valence-electron chi connectivity index (χ1n) is 8.34. The third-order valence-electron chi connectivity index (χ3n) is 4.03. The molecule has 2 aromatic carbocycles. The second kappa shape index (κ2) is 8.68. The maximum Gasteiger partial charge on any atom is 0.427 e. The molecule has 0 saturated carbocycles. The van der Waals surface area contributed by atoms with Gasteiger partial charge in [0.15, 0.2) is 5.69 Å². The summed E-state index contributed by atoms with van der Waals surface area (Å²) >= 11 is 5.86. The number of amides is 1. The zero-order valence-electron chi connectivity index (χ0n) is 15.3.